The Labute approximate surface area is 164 Å². The smallest absolute Gasteiger partial charge is 0.113 e. The lowest BCUT2D eigenvalue weighted by atomic mass is 9.76. The third-order valence-corrected chi connectivity index (χ3v) is 4.85. The van der Waals surface area contributed by atoms with Gasteiger partial charge < -0.3 is 15.3 Å². The van der Waals surface area contributed by atoms with Crippen LogP contribution in [0.25, 0.3) is 0 Å². The van der Waals surface area contributed by atoms with Crippen LogP contribution in [0.1, 0.15) is 43.8 Å². The van der Waals surface area contributed by atoms with E-state index in [2.05, 4.69) is 15.0 Å². The second-order valence-corrected chi connectivity index (χ2v) is 7.58. The van der Waals surface area contributed by atoms with Crippen LogP contribution in [-0.2, 0) is 16.8 Å². The summed E-state index contributed by atoms with van der Waals surface area (Å²) in [5.41, 5.74) is -3.27. The lowest BCUT2D eigenvalue weighted by molar-refractivity contribution is -0.113. The largest absolute Gasteiger partial charge is 0.384 e. The number of pyridine rings is 3. The summed E-state index contributed by atoms with van der Waals surface area (Å²) < 4.78 is 0. The van der Waals surface area contributed by atoms with Crippen molar-refractivity contribution in [3.8, 4) is 0 Å². The lowest BCUT2D eigenvalue weighted by Crippen LogP contribution is -2.42. The highest BCUT2D eigenvalue weighted by Gasteiger charge is 2.45. The molecule has 0 unspecified atom stereocenters. The van der Waals surface area contributed by atoms with Crippen LogP contribution in [0.5, 0.6) is 0 Å². The zero-order valence-corrected chi connectivity index (χ0v) is 16.0. The number of hydrogen-bond acceptors (Lipinski definition) is 6. The Morgan fingerprint density at radius 3 is 1.29 bits per heavy atom. The van der Waals surface area contributed by atoms with Gasteiger partial charge in [0, 0.05) is 31.4 Å². The summed E-state index contributed by atoms with van der Waals surface area (Å²) in [6, 6.07) is 15.7. The predicted molar refractivity (Wildman–Crippen MR) is 105 cm³/mol. The van der Waals surface area contributed by atoms with E-state index in [-0.39, 0.29) is 12.8 Å². The molecule has 3 rings (SSSR count). The number of hydrogen-bond donors (Lipinski definition) is 3. The van der Waals surface area contributed by atoms with E-state index in [0.29, 0.717) is 17.1 Å². The highest BCUT2D eigenvalue weighted by molar-refractivity contribution is 5.22. The Hall–Kier alpha value is -2.67. The van der Waals surface area contributed by atoms with Gasteiger partial charge >= 0.3 is 0 Å². The summed E-state index contributed by atoms with van der Waals surface area (Å²) in [7, 11) is 0. The Kier molecular flexibility index (Phi) is 5.56. The number of rotatable bonds is 7. The number of aliphatic hydroxyl groups is 3. The molecule has 28 heavy (non-hydrogen) atoms. The van der Waals surface area contributed by atoms with E-state index in [4.69, 9.17) is 0 Å². The van der Waals surface area contributed by atoms with Gasteiger partial charge in [0.25, 0.3) is 0 Å². The van der Waals surface area contributed by atoms with Crippen molar-refractivity contribution in [1.29, 1.82) is 0 Å². The van der Waals surface area contributed by atoms with E-state index in [9.17, 15) is 15.3 Å². The molecule has 0 saturated heterocycles. The van der Waals surface area contributed by atoms with Crippen molar-refractivity contribution in [2.45, 2.75) is 43.5 Å². The van der Waals surface area contributed by atoms with Crippen LogP contribution < -0.4 is 0 Å². The minimum Gasteiger partial charge on any atom is -0.384 e. The van der Waals surface area contributed by atoms with Crippen molar-refractivity contribution in [1.82, 2.24) is 15.0 Å². The molecule has 3 aromatic rings. The van der Waals surface area contributed by atoms with E-state index < -0.39 is 16.8 Å². The molecule has 0 bridgehead atoms. The molecule has 146 valence electrons. The predicted octanol–water partition coefficient (Wildman–Crippen LogP) is 2.65. The molecule has 0 fully saturated rings. The Balaban J connectivity index is 1.99. The van der Waals surface area contributed by atoms with Crippen LogP contribution in [0.4, 0.5) is 0 Å². The first-order chi connectivity index (χ1) is 13.2. The minimum atomic E-state index is -1.62. The van der Waals surface area contributed by atoms with Crippen LogP contribution in [0.15, 0.2) is 73.2 Å². The molecule has 6 heteroatoms. The number of aromatic nitrogens is 3. The maximum atomic E-state index is 11.6. The van der Waals surface area contributed by atoms with Crippen LogP contribution >= 0.6 is 0 Å². The second kappa shape index (κ2) is 7.75. The molecule has 0 radical (unpaired) electrons. The van der Waals surface area contributed by atoms with Gasteiger partial charge in [0.1, 0.15) is 16.8 Å². The van der Waals surface area contributed by atoms with E-state index in [1.165, 1.54) is 0 Å². The van der Waals surface area contributed by atoms with E-state index >= 15 is 0 Å². The molecule has 0 aliphatic rings. The normalized spacial score (nSPS) is 16.2. The molecule has 0 amide bonds. The molecule has 3 aromatic heterocycles. The first-order valence-electron chi connectivity index (χ1n) is 9.15. The van der Waals surface area contributed by atoms with Gasteiger partial charge in [-0.1, -0.05) is 18.2 Å². The molecule has 0 aliphatic carbocycles. The third-order valence-electron chi connectivity index (χ3n) is 4.85. The van der Waals surface area contributed by atoms with Crippen LogP contribution in [0, 0.1) is 0 Å². The molecule has 6 nitrogen and oxygen atoms in total. The van der Waals surface area contributed by atoms with E-state index in [0.717, 1.165) is 0 Å². The highest BCUT2D eigenvalue weighted by Crippen LogP contribution is 2.42. The van der Waals surface area contributed by atoms with Gasteiger partial charge in [-0.15, -0.1) is 0 Å². The summed E-state index contributed by atoms with van der Waals surface area (Å²) >= 11 is 0. The molecule has 0 aliphatic heterocycles. The summed E-state index contributed by atoms with van der Waals surface area (Å²) in [5, 5.41) is 33.8. The molecule has 3 N–H and O–H groups in total. The highest BCUT2D eigenvalue weighted by atomic mass is 16.3. The monoisotopic (exact) mass is 379 g/mol. The third kappa shape index (κ3) is 4.42. The standard InChI is InChI=1S/C22H25N3O3/c1-20(26,17-9-3-6-12-23-17)15-22(28,19-11-5-8-14-25-19)16-21(2,27)18-10-4-7-13-24-18/h3-14,26-28H,15-16H2,1-2H3/t20-,21-/m1/s1. The second-order valence-electron chi connectivity index (χ2n) is 7.58. The van der Waals surface area contributed by atoms with Gasteiger partial charge in [-0.2, -0.15) is 0 Å². The Bertz CT molecular complexity index is 831. The maximum absolute atomic E-state index is 11.6. The lowest BCUT2D eigenvalue weighted by Gasteiger charge is -2.39. The summed E-state index contributed by atoms with van der Waals surface area (Å²) in [5.74, 6) is 0. The fourth-order valence-electron chi connectivity index (χ4n) is 3.56. The Morgan fingerprint density at radius 1 is 0.607 bits per heavy atom. The van der Waals surface area contributed by atoms with E-state index in [1.807, 2.05) is 0 Å². The van der Waals surface area contributed by atoms with Gasteiger partial charge in [0.15, 0.2) is 0 Å². The first-order valence-corrected chi connectivity index (χ1v) is 9.15. The zero-order chi connectivity index (χ0) is 20.3. The van der Waals surface area contributed by atoms with Crippen molar-refractivity contribution in [2.24, 2.45) is 0 Å². The summed E-state index contributed by atoms with van der Waals surface area (Å²) in [6.45, 7) is 3.19. The van der Waals surface area contributed by atoms with Crippen molar-refractivity contribution < 1.29 is 15.3 Å². The van der Waals surface area contributed by atoms with Crippen molar-refractivity contribution >= 4 is 0 Å². The van der Waals surface area contributed by atoms with Gasteiger partial charge in [0.2, 0.25) is 0 Å². The fraction of sp³-hybridized carbons (Fsp3) is 0.318. The molecule has 3 heterocycles. The van der Waals surface area contributed by atoms with Crippen molar-refractivity contribution in [2.75, 3.05) is 0 Å². The topological polar surface area (TPSA) is 99.4 Å². The maximum Gasteiger partial charge on any atom is 0.113 e. The van der Waals surface area contributed by atoms with Gasteiger partial charge in [-0.3, -0.25) is 15.0 Å². The van der Waals surface area contributed by atoms with Gasteiger partial charge in [0.05, 0.1) is 17.1 Å². The average molecular weight is 379 g/mol. The van der Waals surface area contributed by atoms with Crippen molar-refractivity contribution in [3.63, 3.8) is 0 Å². The number of nitrogens with zero attached hydrogens (tertiary/aromatic N) is 3. The quantitative estimate of drug-likeness (QED) is 0.584. The van der Waals surface area contributed by atoms with Gasteiger partial charge in [-0.25, -0.2) is 0 Å². The van der Waals surface area contributed by atoms with Crippen molar-refractivity contribution in [3.05, 3.63) is 90.3 Å². The van der Waals surface area contributed by atoms with Crippen LogP contribution in [-0.4, -0.2) is 30.3 Å². The van der Waals surface area contributed by atoms with Crippen LogP contribution in [0.2, 0.25) is 0 Å². The molecule has 0 aromatic carbocycles. The fourth-order valence-corrected chi connectivity index (χ4v) is 3.56. The first kappa shape index (κ1) is 20.1. The molecular formula is C22H25N3O3. The van der Waals surface area contributed by atoms with Gasteiger partial charge in [-0.05, 0) is 50.2 Å². The SMILES string of the molecule is C[C@@](O)(CC(O)(C[C@@](C)(O)c1ccccn1)c1ccccn1)c1ccccn1. The molecular weight excluding hydrogens is 354 g/mol. The molecule has 2 atom stereocenters. The molecule has 0 saturated carbocycles. The minimum absolute atomic E-state index is 0.100. The molecule has 0 spiro atoms. The zero-order valence-electron chi connectivity index (χ0n) is 16.0. The Morgan fingerprint density at radius 2 is 0.964 bits per heavy atom. The summed E-state index contributed by atoms with van der Waals surface area (Å²) in [4.78, 5) is 12.7. The average Bonchev–Trinajstić information content (AvgIpc) is 2.69. The van der Waals surface area contributed by atoms with E-state index in [1.54, 1.807) is 87.0 Å². The van der Waals surface area contributed by atoms with Crippen LogP contribution in [0.3, 0.4) is 0 Å². The summed E-state index contributed by atoms with van der Waals surface area (Å²) in [6.07, 6.45) is 4.56.